The van der Waals surface area contributed by atoms with Gasteiger partial charge in [0.05, 0.1) is 17.5 Å². The van der Waals surface area contributed by atoms with Crippen LogP contribution in [0.15, 0.2) is 41.0 Å². The molecule has 1 heterocycles. The van der Waals surface area contributed by atoms with E-state index in [2.05, 4.69) is 5.32 Å². The van der Waals surface area contributed by atoms with E-state index >= 15 is 0 Å². The Morgan fingerprint density at radius 2 is 2.00 bits per heavy atom. The molecule has 0 aliphatic heterocycles. The monoisotopic (exact) mass is 374 g/mol. The molecule has 0 saturated heterocycles. The Kier molecular flexibility index (Phi) is 5.73. The molecule has 5 nitrogen and oxygen atoms in total. The highest BCUT2D eigenvalue weighted by molar-refractivity contribution is 6.30. The number of hydrogen-bond donors (Lipinski definition) is 1. The molecule has 0 unspecified atom stereocenters. The molecule has 1 N–H and O–H groups in total. The lowest BCUT2D eigenvalue weighted by atomic mass is 10.1. The van der Waals surface area contributed by atoms with E-state index < -0.39 is 23.6 Å². The standard InChI is InChI=1S/C16H14ClF3N2O3/c1-10(23)22(7-6-21-15(24)14-3-2-8-25-14)13-5-4-11(17)9-12(13)16(18,19)20/h2-5,8-9H,6-7H2,1H3,(H,21,24). The molecule has 0 atom stereocenters. The molecule has 2 amide bonds. The fraction of sp³-hybridized carbons (Fsp3) is 0.250. The molecule has 0 saturated carbocycles. The summed E-state index contributed by atoms with van der Waals surface area (Å²) < 4.78 is 44.5. The quantitative estimate of drug-likeness (QED) is 0.867. The van der Waals surface area contributed by atoms with E-state index in [0.29, 0.717) is 0 Å². The highest BCUT2D eigenvalue weighted by Crippen LogP contribution is 2.38. The van der Waals surface area contributed by atoms with E-state index in [-0.39, 0.29) is 29.6 Å². The molecular weight excluding hydrogens is 361 g/mol. The summed E-state index contributed by atoms with van der Waals surface area (Å²) >= 11 is 5.64. The number of anilines is 1. The van der Waals surface area contributed by atoms with Crippen LogP contribution in [0.5, 0.6) is 0 Å². The van der Waals surface area contributed by atoms with Gasteiger partial charge in [-0.1, -0.05) is 11.6 Å². The van der Waals surface area contributed by atoms with Gasteiger partial charge in [0, 0.05) is 25.0 Å². The number of benzene rings is 1. The second kappa shape index (κ2) is 7.60. The van der Waals surface area contributed by atoms with Gasteiger partial charge in [-0.05, 0) is 30.3 Å². The predicted molar refractivity (Wildman–Crippen MR) is 85.5 cm³/mol. The van der Waals surface area contributed by atoms with Crippen LogP contribution in [0.25, 0.3) is 0 Å². The first-order valence-electron chi connectivity index (χ1n) is 7.16. The molecule has 2 rings (SSSR count). The minimum Gasteiger partial charge on any atom is -0.459 e. The second-order valence-corrected chi connectivity index (χ2v) is 5.50. The number of amides is 2. The molecule has 25 heavy (non-hydrogen) atoms. The van der Waals surface area contributed by atoms with Crippen LogP contribution < -0.4 is 10.2 Å². The number of alkyl halides is 3. The lowest BCUT2D eigenvalue weighted by Crippen LogP contribution is -2.38. The fourth-order valence-electron chi connectivity index (χ4n) is 2.19. The summed E-state index contributed by atoms with van der Waals surface area (Å²) in [5.74, 6) is -1.06. The van der Waals surface area contributed by atoms with Crippen molar-refractivity contribution < 1.29 is 27.2 Å². The Balaban J connectivity index is 2.16. The third-order valence-corrected chi connectivity index (χ3v) is 3.54. The van der Waals surface area contributed by atoms with Crippen LogP contribution in [0.2, 0.25) is 5.02 Å². The van der Waals surface area contributed by atoms with Gasteiger partial charge in [0.25, 0.3) is 5.91 Å². The van der Waals surface area contributed by atoms with E-state index in [0.717, 1.165) is 24.0 Å². The lowest BCUT2D eigenvalue weighted by Gasteiger charge is -2.25. The van der Waals surface area contributed by atoms with E-state index in [1.54, 1.807) is 0 Å². The van der Waals surface area contributed by atoms with Crippen molar-refractivity contribution in [1.82, 2.24) is 5.32 Å². The lowest BCUT2D eigenvalue weighted by molar-refractivity contribution is -0.137. The summed E-state index contributed by atoms with van der Waals surface area (Å²) in [6.45, 7) is 0.939. The highest BCUT2D eigenvalue weighted by Gasteiger charge is 2.35. The molecule has 2 aromatic rings. The molecule has 9 heteroatoms. The molecule has 0 aliphatic rings. The maximum Gasteiger partial charge on any atom is 0.418 e. The van der Waals surface area contributed by atoms with Gasteiger partial charge < -0.3 is 14.6 Å². The minimum absolute atomic E-state index is 0.0565. The zero-order chi connectivity index (χ0) is 18.6. The van der Waals surface area contributed by atoms with Crippen LogP contribution >= 0.6 is 11.6 Å². The van der Waals surface area contributed by atoms with Crippen LogP contribution in [0.4, 0.5) is 18.9 Å². The van der Waals surface area contributed by atoms with Crippen LogP contribution in [-0.2, 0) is 11.0 Å². The Morgan fingerprint density at radius 1 is 1.28 bits per heavy atom. The molecule has 1 aromatic carbocycles. The van der Waals surface area contributed by atoms with Gasteiger partial charge in [-0.15, -0.1) is 0 Å². The number of nitrogens with one attached hydrogen (secondary N) is 1. The smallest absolute Gasteiger partial charge is 0.418 e. The zero-order valence-corrected chi connectivity index (χ0v) is 13.8. The third kappa shape index (κ3) is 4.76. The Labute approximate surface area is 146 Å². The average Bonchev–Trinajstić information content (AvgIpc) is 3.05. The minimum atomic E-state index is -4.68. The predicted octanol–water partition coefficient (Wildman–Crippen LogP) is 3.73. The largest absolute Gasteiger partial charge is 0.459 e. The van der Waals surface area contributed by atoms with Crippen molar-refractivity contribution in [2.24, 2.45) is 0 Å². The molecule has 0 radical (unpaired) electrons. The summed E-state index contributed by atoms with van der Waals surface area (Å²) in [4.78, 5) is 24.5. The number of carbonyl (C=O) groups excluding carboxylic acids is 2. The summed E-state index contributed by atoms with van der Waals surface area (Å²) in [7, 11) is 0. The van der Waals surface area contributed by atoms with E-state index in [4.69, 9.17) is 16.0 Å². The summed E-state index contributed by atoms with van der Waals surface area (Å²) in [5.41, 5.74) is -1.34. The van der Waals surface area contributed by atoms with Crippen molar-refractivity contribution in [1.29, 1.82) is 0 Å². The number of halogens is 4. The van der Waals surface area contributed by atoms with Gasteiger partial charge >= 0.3 is 6.18 Å². The average molecular weight is 375 g/mol. The summed E-state index contributed by atoms with van der Waals surface area (Å²) in [6, 6.07) is 6.12. The molecule has 0 fully saturated rings. The van der Waals surface area contributed by atoms with Crippen molar-refractivity contribution in [2.45, 2.75) is 13.1 Å². The van der Waals surface area contributed by atoms with Crippen LogP contribution in [0.1, 0.15) is 23.0 Å². The van der Waals surface area contributed by atoms with E-state index in [9.17, 15) is 22.8 Å². The van der Waals surface area contributed by atoms with E-state index in [1.165, 1.54) is 24.5 Å². The number of rotatable bonds is 5. The fourth-order valence-corrected chi connectivity index (χ4v) is 2.37. The van der Waals surface area contributed by atoms with Gasteiger partial charge in [-0.3, -0.25) is 9.59 Å². The summed E-state index contributed by atoms with van der Waals surface area (Å²) in [6.07, 6.45) is -3.36. The first-order chi connectivity index (χ1) is 11.7. The van der Waals surface area contributed by atoms with Crippen molar-refractivity contribution >= 4 is 29.1 Å². The molecule has 1 aromatic heterocycles. The zero-order valence-electron chi connectivity index (χ0n) is 13.1. The number of furan rings is 1. The highest BCUT2D eigenvalue weighted by atomic mass is 35.5. The first kappa shape index (κ1) is 18.9. The SMILES string of the molecule is CC(=O)N(CCNC(=O)c1ccco1)c1ccc(Cl)cc1C(F)(F)F. The maximum absolute atomic E-state index is 13.2. The molecular formula is C16H14ClF3N2O3. The van der Waals surface area contributed by atoms with Crippen molar-refractivity contribution in [3.63, 3.8) is 0 Å². The van der Waals surface area contributed by atoms with Crippen molar-refractivity contribution in [3.8, 4) is 0 Å². The van der Waals surface area contributed by atoms with Crippen LogP contribution in [0, 0.1) is 0 Å². The molecule has 134 valence electrons. The third-order valence-electron chi connectivity index (χ3n) is 3.30. The van der Waals surface area contributed by atoms with Gasteiger partial charge in [0.15, 0.2) is 5.76 Å². The van der Waals surface area contributed by atoms with Crippen molar-refractivity contribution in [3.05, 3.63) is 52.9 Å². The van der Waals surface area contributed by atoms with E-state index in [1.807, 2.05) is 0 Å². The normalized spacial score (nSPS) is 11.2. The van der Waals surface area contributed by atoms with Gasteiger partial charge in [0.1, 0.15) is 0 Å². The molecule has 0 bridgehead atoms. The summed E-state index contributed by atoms with van der Waals surface area (Å²) in [5, 5.41) is 2.38. The first-order valence-corrected chi connectivity index (χ1v) is 7.54. The number of hydrogen-bond acceptors (Lipinski definition) is 3. The molecule has 0 aliphatic carbocycles. The second-order valence-electron chi connectivity index (χ2n) is 5.06. The maximum atomic E-state index is 13.2. The van der Waals surface area contributed by atoms with Gasteiger partial charge in [0.2, 0.25) is 5.91 Å². The van der Waals surface area contributed by atoms with Gasteiger partial charge in [-0.25, -0.2) is 0 Å². The number of nitrogens with zero attached hydrogens (tertiary/aromatic N) is 1. The van der Waals surface area contributed by atoms with Gasteiger partial charge in [-0.2, -0.15) is 13.2 Å². The Hall–Kier alpha value is -2.48. The van der Waals surface area contributed by atoms with Crippen LogP contribution in [0.3, 0.4) is 0 Å². The Bertz CT molecular complexity index is 760. The van der Waals surface area contributed by atoms with Crippen molar-refractivity contribution in [2.75, 3.05) is 18.0 Å². The topological polar surface area (TPSA) is 62.6 Å². The Morgan fingerprint density at radius 3 is 2.56 bits per heavy atom. The number of carbonyl (C=O) groups is 2. The van der Waals surface area contributed by atoms with Crippen LogP contribution in [-0.4, -0.2) is 24.9 Å². The molecule has 0 spiro atoms.